The Labute approximate surface area is 161 Å². The first-order chi connectivity index (χ1) is 13.1. The van der Waals surface area contributed by atoms with Gasteiger partial charge in [-0.1, -0.05) is 19.9 Å². The van der Waals surface area contributed by atoms with Crippen molar-refractivity contribution in [3.8, 4) is 0 Å². The standard InChI is InChI=1S/C21H32N4O2/c1-16(2)19-14-18-6-4-7-20(25(18)23-19)21(26)22-15-17-8-11-24(12-9-17)10-5-13-27-3/h4,6-7,14,16-17H,5,8-13,15H2,1-3H3,(H,22,26). The number of likely N-dealkylation sites (tertiary alicyclic amines) is 1. The minimum atomic E-state index is -0.0402. The molecule has 148 valence electrons. The number of ether oxygens (including phenoxy) is 1. The number of rotatable bonds is 8. The Balaban J connectivity index is 1.52. The number of aromatic nitrogens is 2. The molecule has 0 atom stereocenters. The van der Waals surface area contributed by atoms with Gasteiger partial charge in [0.2, 0.25) is 0 Å². The molecule has 1 aliphatic rings. The minimum absolute atomic E-state index is 0.0402. The topological polar surface area (TPSA) is 58.9 Å². The van der Waals surface area contributed by atoms with Crippen LogP contribution >= 0.6 is 0 Å². The maximum atomic E-state index is 12.7. The normalized spacial score (nSPS) is 16.3. The number of fused-ring (bicyclic) bond motifs is 1. The third kappa shape index (κ3) is 5.08. The lowest BCUT2D eigenvalue weighted by molar-refractivity contribution is 0.0926. The van der Waals surface area contributed by atoms with Gasteiger partial charge in [-0.2, -0.15) is 5.10 Å². The summed E-state index contributed by atoms with van der Waals surface area (Å²) in [5, 5.41) is 7.74. The van der Waals surface area contributed by atoms with E-state index in [1.54, 1.807) is 11.6 Å². The molecule has 3 heterocycles. The van der Waals surface area contributed by atoms with Gasteiger partial charge in [0.1, 0.15) is 5.69 Å². The van der Waals surface area contributed by atoms with E-state index in [0.717, 1.165) is 63.3 Å². The van der Waals surface area contributed by atoms with Gasteiger partial charge in [-0.05, 0) is 62.4 Å². The molecule has 0 unspecified atom stereocenters. The zero-order valence-corrected chi connectivity index (χ0v) is 16.8. The Morgan fingerprint density at radius 3 is 2.81 bits per heavy atom. The van der Waals surface area contributed by atoms with Gasteiger partial charge < -0.3 is 15.0 Å². The van der Waals surface area contributed by atoms with Crippen molar-refractivity contribution in [2.24, 2.45) is 5.92 Å². The van der Waals surface area contributed by atoms with Crippen LogP contribution < -0.4 is 5.32 Å². The van der Waals surface area contributed by atoms with Crippen LogP contribution in [0.15, 0.2) is 24.3 Å². The molecule has 2 aromatic heterocycles. The highest BCUT2D eigenvalue weighted by Gasteiger charge is 2.20. The van der Waals surface area contributed by atoms with Crippen LogP contribution in [0.2, 0.25) is 0 Å². The molecule has 1 aliphatic heterocycles. The van der Waals surface area contributed by atoms with Gasteiger partial charge >= 0.3 is 0 Å². The largest absolute Gasteiger partial charge is 0.385 e. The van der Waals surface area contributed by atoms with Crippen molar-refractivity contribution in [3.63, 3.8) is 0 Å². The first-order valence-electron chi connectivity index (χ1n) is 10.1. The lowest BCUT2D eigenvalue weighted by atomic mass is 9.96. The summed E-state index contributed by atoms with van der Waals surface area (Å²) in [5.74, 6) is 0.854. The Morgan fingerprint density at radius 1 is 1.33 bits per heavy atom. The summed E-state index contributed by atoms with van der Waals surface area (Å²) in [4.78, 5) is 15.2. The fourth-order valence-electron chi connectivity index (χ4n) is 3.66. The van der Waals surface area contributed by atoms with E-state index in [4.69, 9.17) is 4.74 Å². The van der Waals surface area contributed by atoms with Crippen LogP contribution in [0, 0.1) is 5.92 Å². The highest BCUT2D eigenvalue weighted by Crippen LogP contribution is 2.18. The minimum Gasteiger partial charge on any atom is -0.385 e. The fraction of sp³-hybridized carbons (Fsp3) is 0.619. The summed E-state index contributed by atoms with van der Waals surface area (Å²) in [5.41, 5.74) is 2.59. The summed E-state index contributed by atoms with van der Waals surface area (Å²) in [6.07, 6.45) is 3.36. The summed E-state index contributed by atoms with van der Waals surface area (Å²) in [6.45, 7) is 9.11. The number of methoxy groups -OCH3 is 1. The number of amides is 1. The van der Waals surface area contributed by atoms with Crippen LogP contribution in [0.4, 0.5) is 0 Å². The predicted molar refractivity (Wildman–Crippen MR) is 107 cm³/mol. The van der Waals surface area contributed by atoms with Crippen molar-refractivity contribution < 1.29 is 9.53 Å². The maximum absolute atomic E-state index is 12.7. The molecule has 1 fully saturated rings. The highest BCUT2D eigenvalue weighted by molar-refractivity contribution is 5.93. The number of piperidine rings is 1. The number of carbonyl (C=O) groups excluding carboxylic acids is 1. The molecule has 1 N–H and O–H groups in total. The molecule has 0 radical (unpaired) electrons. The van der Waals surface area contributed by atoms with Crippen LogP contribution in [0.5, 0.6) is 0 Å². The van der Waals surface area contributed by atoms with Crippen molar-refractivity contribution in [1.29, 1.82) is 0 Å². The summed E-state index contributed by atoms with van der Waals surface area (Å²) >= 11 is 0. The molecule has 6 nitrogen and oxygen atoms in total. The van der Waals surface area contributed by atoms with Crippen LogP contribution in [0.25, 0.3) is 5.52 Å². The first-order valence-corrected chi connectivity index (χ1v) is 10.1. The van der Waals surface area contributed by atoms with Crippen LogP contribution in [0.3, 0.4) is 0 Å². The van der Waals surface area contributed by atoms with E-state index in [-0.39, 0.29) is 5.91 Å². The Bertz CT molecular complexity index is 748. The van der Waals surface area contributed by atoms with Gasteiger partial charge in [0.05, 0.1) is 11.2 Å². The second-order valence-corrected chi connectivity index (χ2v) is 7.81. The van der Waals surface area contributed by atoms with E-state index in [1.165, 1.54) is 0 Å². The van der Waals surface area contributed by atoms with E-state index in [0.29, 0.717) is 17.5 Å². The molecular formula is C21H32N4O2. The Morgan fingerprint density at radius 2 is 2.11 bits per heavy atom. The van der Waals surface area contributed by atoms with Crippen molar-refractivity contribution in [2.75, 3.05) is 39.9 Å². The van der Waals surface area contributed by atoms with E-state index in [1.807, 2.05) is 18.2 Å². The second kappa shape index (κ2) is 9.33. The molecule has 1 saturated heterocycles. The van der Waals surface area contributed by atoms with Gasteiger partial charge in [-0.25, -0.2) is 4.52 Å². The lowest BCUT2D eigenvalue weighted by Gasteiger charge is -2.31. The quantitative estimate of drug-likeness (QED) is 0.724. The van der Waals surface area contributed by atoms with E-state index in [9.17, 15) is 4.79 Å². The number of pyridine rings is 1. The zero-order chi connectivity index (χ0) is 19.2. The fourth-order valence-corrected chi connectivity index (χ4v) is 3.66. The Hall–Kier alpha value is -1.92. The number of hydrogen-bond donors (Lipinski definition) is 1. The second-order valence-electron chi connectivity index (χ2n) is 7.81. The zero-order valence-electron chi connectivity index (χ0n) is 16.8. The monoisotopic (exact) mass is 372 g/mol. The van der Waals surface area contributed by atoms with Gasteiger partial charge in [0, 0.05) is 26.8 Å². The molecule has 2 aromatic rings. The maximum Gasteiger partial charge on any atom is 0.269 e. The van der Waals surface area contributed by atoms with Crippen LogP contribution in [-0.4, -0.2) is 60.3 Å². The number of hydrogen-bond acceptors (Lipinski definition) is 4. The highest BCUT2D eigenvalue weighted by atomic mass is 16.5. The molecule has 3 rings (SSSR count). The smallest absolute Gasteiger partial charge is 0.269 e. The van der Waals surface area contributed by atoms with E-state index < -0.39 is 0 Å². The molecular weight excluding hydrogens is 340 g/mol. The lowest BCUT2D eigenvalue weighted by Crippen LogP contribution is -2.39. The molecule has 6 heteroatoms. The summed E-state index contributed by atoms with van der Waals surface area (Å²) < 4.78 is 6.89. The molecule has 27 heavy (non-hydrogen) atoms. The van der Waals surface area contributed by atoms with Gasteiger partial charge in [-0.3, -0.25) is 4.79 Å². The average Bonchev–Trinajstić information content (AvgIpc) is 3.12. The van der Waals surface area contributed by atoms with Crippen LogP contribution in [-0.2, 0) is 4.74 Å². The number of nitrogens with one attached hydrogen (secondary N) is 1. The molecule has 0 spiro atoms. The molecule has 0 aliphatic carbocycles. The molecule has 0 saturated carbocycles. The van der Waals surface area contributed by atoms with Crippen molar-refractivity contribution >= 4 is 11.4 Å². The van der Waals surface area contributed by atoms with E-state index in [2.05, 4.69) is 35.2 Å². The Kier molecular flexibility index (Phi) is 6.85. The number of carbonyl (C=O) groups is 1. The third-order valence-corrected chi connectivity index (χ3v) is 5.41. The SMILES string of the molecule is COCCCN1CCC(CNC(=O)c2cccc3cc(C(C)C)nn23)CC1. The summed E-state index contributed by atoms with van der Waals surface area (Å²) in [7, 11) is 1.75. The average molecular weight is 373 g/mol. The van der Waals surface area contributed by atoms with Crippen molar-refractivity contribution in [2.45, 2.75) is 39.0 Å². The third-order valence-electron chi connectivity index (χ3n) is 5.41. The van der Waals surface area contributed by atoms with E-state index >= 15 is 0 Å². The van der Waals surface area contributed by atoms with Gasteiger partial charge in [-0.15, -0.1) is 0 Å². The molecule has 0 bridgehead atoms. The first kappa shape index (κ1) is 19.8. The molecule has 1 amide bonds. The van der Waals surface area contributed by atoms with Crippen LogP contribution in [0.1, 0.15) is 55.2 Å². The number of nitrogens with zero attached hydrogens (tertiary/aromatic N) is 3. The molecule has 0 aromatic carbocycles. The summed E-state index contributed by atoms with van der Waals surface area (Å²) in [6, 6.07) is 7.82. The van der Waals surface area contributed by atoms with Gasteiger partial charge in [0.15, 0.2) is 0 Å². The predicted octanol–water partition coefficient (Wildman–Crippen LogP) is 2.94. The van der Waals surface area contributed by atoms with Gasteiger partial charge in [0.25, 0.3) is 5.91 Å². The van der Waals surface area contributed by atoms with Crippen molar-refractivity contribution in [3.05, 3.63) is 35.7 Å². The van der Waals surface area contributed by atoms with Crippen molar-refractivity contribution in [1.82, 2.24) is 19.8 Å².